The second kappa shape index (κ2) is 6.19. The Balaban J connectivity index is 1.98. The molecule has 102 valence electrons. The molecule has 18 heavy (non-hydrogen) atoms. The van der Waals surface area contributed by atoms with Crippen molar-refractivity contribution in [3.63, 3.8) is 0 Å². The first-order chi connectivity index (χ1) is 8.61. The van der Waals surface area contributed by atoms with Crippen LogP contribution in [0.15, 0.2) is 21.2 Å². The summed E-state index contributed by atoms with van der Waals surface area (Å²) in [6.45, 7) is 4.03. The Kier molecular flexibility index (Phi) is 4.84. The van der Waals surface area contributed by atoms with Crippen LogP contribution in [0.5, 0.6) is 0 Å². The van der Waals surface area contributed by atoms with Crippen LogP contribution >= 0.6 is 15.9 Å². The number of nitrogens with zero attached hydrogens (tertiary/aromatic N) is 2. The van der Waals surface area contributed by atoms with E-state index in [0.717, 1.165) is 22.7 Å². The van der Waals surface area contributed by atoms with E-state index in [9.17, 15) is 0 Å². The zero-order chi connectivity index (χ0) is 13.1. The Morgan fingerprint density at radius 2 is 2.44 bits per heavy atom. The fourth-order valence-electron chi connectivity index (χ4n) is 2.74. The molecule has 0 radical (unpaired) electrons. The number of rotatable bonds is 5. The first-order valence-electron chi connectivity index (χ1n) is 6.43. The zero-order valence-corrected chi connectivity index (χ0v) is 12.7. The van der Waals surface area contributed by atoms with Crippen LogP contribution < -0.4 is 5.73 Å². The Labute approximate surface area is 117 Å². The van der Waals surface area contributed by atoms with E-state index in [1.54, 1.807) is 6.26 Å². The van der Waals surface area contributed by atoms with Gasteiger partial charge in [0.1, 0.15) is 5.76 Å². The summed E-state index contributed by atoms with van der Waals surface area (Å²) in [6, 6.07) is 2.08. The van der Waals surface area contributed by atoms with Crippen molar-refractivity contribution in [2.24, 2.45) is 11.7 Å². The molecule has 2 atom stereocenters. The molecule has 1 aromatic rings. The van der Waals surface area contributed by atoms with Crippen molar-refractivity contribution in [1.82, 2.24) is 9.80 Å². The lowest BCUT2D eigenvalue weighted by Gasteiger charge is -2.28. The molecular formula is C13H22BrN3O. The van der Waals surface area contributed by atoms with E-state index in [-0.39, 0.29) is 6.04 Å². The molecule has 0 amide bonds. The van der Waals surface area contributed by atoms with Crippen LogP contribution in [0.2, 0.25) is 0 Å². The van der Waals surface area contributed by atoms with Crippen molar-refractivity contribution in [3.8, 4) is 0 Å². The molecule has 0 spiro atoms. The topological polar surface area (TPSA) is 45.6 Å². The Morgan fingerprint density at radius 3 is 2.94 bits per heavy atom. The minimum atomic E-state index is 0.153. The summed E-state index contributed by atoms with van der Waals surface area (Å²) in [5.41, 5.74) is 5.90. The molecule has 1 aliphatic rings. The number of halogens is 1. The molecule has 1 aromatic heterocycles. The summed E-state index contributed by atoms with van der Waals surface area (Å²) >= 11 is 3.51. The highest BCUT2D eigenvalue weighted by atomic mass is 79.9. The van der Waals surface area contributed by atoms with Crippen molar-refractivity contribution in [3.05, 3.63) is 22.6 Å². The molecule has 2 heterocycles. The van der Waals surface area contributed by atoms with Gasteiger partial charge < -0.3 is 15.1 Å². The lowest BCUT2D eigenvalue weighted by atomic mass is 10.1. The largest absolute Gasteiger partial charge is 0.466 e. The smallest absolute Gasteiger partial charge is 0.136 e. The second-order valence-electron chi connectivity index (χ2n) is 5.24. The van der Waals surface area contributed by atoms with E-state index < -0.39 is 0 Å². The maximum absolute atomic E-state index is 5.90. The van der Waals surface area contributed by atoms with Crippen molar-refractivity contribution in [2.75, 3.05) is 40.3 Å². The van der Waals surface area contributed by atoms with Crippen LogP contribution in [0, 0.1) is 5.92 Å². The number of hydrogen-bond acceptors (Lipinski definition) is 4. The maximum Gasteiger partial charge on any atom is 0.136 e. The highest BCUT2D eigenvalue weighted by Crippen LogP contribution is 2.28. The average Bonchev–Trinajstić information content (AvgIpc) is 2.90. The van der Waals surface area contributed by atoms with Gasteiger partial charge in [-0.05, 0) is 55.0 Å². The third kappa shape index (κ3) is 3.15. The monoisotopic (exact) mass is 315 g/mol. The molecule has 4 nitrogen and oxygen atoms in total. The summed E-state index contributed by atoms with van der Waals surface area (Å²) in [4.78, 5) is 4.70. The number of likely N-dealkylation sites (N-methyl/N-ethyl adjacent to an activating group) is 1. The lowest BCUT2D eigenvalue weighted by Crippen LogP contribution is -2.35. The molecular weight excluding hydrogens is 294 g/mol. The summed E-state index contributed by atoms with van der Waals surface area (Å²) < 4.78 is 6.55. The van der Waals surface area contributed by atoms with Crippen molar-refractivity contribution < 1.29 is 4.42 Å². The first-order valence-corrected chi connectivity index (χ1v) is 7.23. The van der Waals surface area contributed by atoms with Crippen molar-refractivity contribution >= 4 is 15.9 Å². The SMILES string of the molecule is CN1CCC(CN(C)C(CN)c2occc2Br)C1. The molecule has 0 aromatic carbocycles. The van der Waals surface area contributed by atoms with E-state index in [1.165, 1.54) is 19.5 Å². The van der Waals surface area contributed by atoms with Gasteiger partial charge in [-0.25, -0.2) is 0 Å². The molecule has 0 bridgehead atoms. The molecule has 1 aliphatic heterocycles. The van der Waals surface area contributed by atoms with E-state index in [2.05, 4.69) is 39.8 Å². The summed E-state index contributed by atoms with van der Waals surface area (Å²) in [5.74, 6) is 1.68. The first kappa shape index (κ1) is 14.1. The number of likely N-dealkylation sites (tertiary alicyclic amines) is 1. The van der Waals surface area contributed by atoms with Crippen LogP contribution in [-0.4, -0.2) is 50.1 Å². The summed E-state index contributed by atoms with van der Waals surface area (Å²) in [5, 5.41) is 0. The molecule has 1 fully saturated rings. The number of furan rings is 1. The number of hydrogen-bond donors (Lipinski definition) is 1. The van der Waals surface area contributed by atoms with Crippen LogP contribution in [0.4, 0.5) is 0 Å². The maximum atomic E-state index is 5.90. The van der Waals surface area contributed by atoms with Gasteiger partial charge >= 0.3 is 0 Å². The third-order valence-electron chi connectivity index (χ3n) is 3.74. The van der Waals surface area contributed by atoms with Crippen LogP contribution in [0.3, 0.4) is 0 Å². The quantitative estimate of drug-likeness (QED) is 0.901. The lowest BCUT2D eigenvalue weighted by molar-refractivity contribution is 0.189. The normalized spacial score (nSPS) is 22.8. The average molecular weight is 316 g/mol. The molecule has 0 saturated carbocycles. The van der Waals surface area contributed by atoms with E-state index in [0.29, 0.717) is 6.54 Å². The Hall–Kier alpha value is -0.360. The van der Waals surface area contributed by atoms with Crippen molar-refractivity contribution in [1.29, 1.82) is 0 Å². The summed E-state index contributed by atoms with van der Waals surface area (Å²) in [7, 11) is 4.31. The van der Waals surface area contributed by atoms with Gasteiger partial charge in [-0.3, -0.25) is 4.90 Å². The van der Waals surface area contributed by atoms with Crippen LogP contribution in [0.1, 0.15) is 18.2 Å². The van der Waals surface area contributed by atoms with Gasteiger partial charge in [0.2, 0.25) is 0 Å². The number of nitrogens with two attached hydrogens (primary N) is 1. The highest BCUT2D eigenvalue weighted by molar-refractivity contribution is 9.10. The Morgan fingerprint density at radius 1 is 1.67 bits per heavy atom. The van der Waals surface area contributed by atoms with Gasteiger partial charge in [-0.2, -0.15) is 0 Å². The fraction of sp³-hybridized carbons (Fsp3) is 0.692. The highest BCUT2D eigenvalue weighted by Gasteiger charge is 2.26. The Bertz CT molecular complexity index is 382. The molecule has 1 saturated heterocycles. The second-order valence-corrected chi connectivity index (χ2v) is 6.10. The van der Waals surface area contributed by atoms with Crippen molar-refractivity contribution in [2.45, 2.75) is 12.5 Å². The molecule has 2 N–H and O–H groups in total. The standard InChI is InChI=1S/C13H22BrN3O/c1-16-5-3-10(8-16)9-17(2)12(7-15)13-11(14)4-6-18-13/h4,6,10,12H,3,5,7-9,15H2,1-2H3. The minimum absolute atomic E-state index is 0.153. The molecule has 5 heteroatoms. The summed E-state index contributed by atoms with van der Waals surface area (Å²) in [6.07, 6.45) is 2.98. The van der Waals surface area contributed by atoms with E-state index in [4.69, 9.17) is 10.2 Å². The predicted octanol–water partition coefficient (Wildman–Crippen LogP) is 1.93. The van der Waals surface area contributed by atoms with Gasteiger partial charge in [-0.15, -0.1) is 0 Å². The predicted molar refractivity (Wildman–Crippen MR) is 76.4 cm³/mol. The molecule has 2 rings (SSSR count). The van der Waals surface area contributed by atoms with Gasteiger partial charge in [0.05, 0.1) is 16.8 Å². The van der Waals surface area contributed by atoms with E-state index in [1.807, 2.05) is 6.07 Å². The minimum Gasteiger partial charge on any atom is -0.466 e. The zero-order valence-electron chi connectivity index (χ0n) is 11.1. The van der Waals surface area contributed by atoms with Gasteiger partial charge in [-0.1, -0.05) is 0 Å². The van der Waals surface area contributed by atoms with Crippen LogP contribution in [-0.2, 0) is 0 Å². The third-order valence-corrected chi connectivity index (χ3v) is 4.39. The van der Waals surface area contributed by atoms with Gasteiger partial charge in [0.15, 0.2) is 0 Å². The van der Waals surface area contributed by atoms with Gasteiger partial charge in [0.25, 0.3) is 0 Å². The fourth-order valence-corrected chi connectivity index (χ4v) is 3.21. The van der Waals surface area contributed by atoms with Crippen LogP contribution in [0.25, 0.3) is 0 Å². The van der Waals surface area contributed by atoms with E-state index >= 15 is 0 Å². The molecule has 0 aliphatic carbocycles. The molecule has 2 unspecified atom stereocenters. The van der Waals surface area contributed by atoms with Gasteiger partial charge in [0, 0.05) is 19.6 Å².